The second kappa shape index (κ2) is 8.47. The van der Waals surface area contributed by atoms with Crippen LogP contribution in [0.2, 0.25) is 0 Å². The number of methoxy groups -OCH3 is 1. The van der Waals surface area contributed by atoms with E-state index in [1.165, 1.54) is 7.11 Å². The van der Waals surface area contributed by atoms with Gasteiger partial charge in [-0.15, -0.1) is 0 Å². The van der Waals surface area contributed by atoms with Crippen molar-refractivity contribution in [3.63, 3.8) is 0 Å². The lowest BCUT2D eigenvalue weighted by Gasteiger charge is -2.22. The predicted molar refractivity (Wildman–Crippen MR) is 84.4 cm³/mol. The van der Waals surface area contributed by atoms with Crippen LogP contribution >= 0.6 is 0 Å². The molecule has 23 heavy (non-hydrogen) atoms. The van der Waals surface area contributed by atoms with E-state index >= 15 is 0 Å². The third-order valence-corrected chi connectivity index (χ3v) is 3.73. The summed E-state index contributed by atoms with van der Waals surface area (Å²) in [5.74, 6) is 0.0271. The zero-order valence-corrected chi connectivity index (χ0v) is 13.7. The predicted octanol–water partition coefficient (Wildman–Crippen LogP) is 0.801. The third-order valence-electron chi connectivity index (χ3n) is 3.73. The molecule has 0 saturated carbocycles. The fourth-order valence-corrected chi connectivity index (χ4v) is 2.61. The van der Waals surface area contributed by atoms with Gasteiger partial charge in [-0.05, 0) is 25.5 Å². The highest BCUT2D eigenvalue weighted by molar-refractivity contribution is 5.96. The minimum absolute atomic E-state index is 0.0899. The highest BCUT2D eigenvalue weighted by Crippen LogP contribution is 2.17. The quantitative estimate of drug-likeness (QED) is 0.747. The maximum atomic E-state index is 12.7. The van der Waals surface area contributed by atoms with Gasteiger partial charge < -0.3 is 14.4 Å². The molecule has 0 aromatic carbocycles. The van der Waals surface area contributed by atoms with Crippen LogP contribution in [0.1, 0.15) is 23.7 Å². The van der Waals surface area contributed by atoms with E-state index in [0.717, 1.165) is 13.0 Å². The molecule has 0 aliphatic carbocycles. The zero-order valence-electron chi connectivity index (χ0n) is 13.7. The molecule has 1 fully saturated rings. The van der Waals surface area contributed by atoms with Crippen LogP contribution in [0, 0.1) is 0 Å². The number of esters is 1. The lowest BCUT2D eigenvalue weighted by molar-refractivity contribution is -0.144. The fourth-order valence-electron chi connectivity index (χ4n) is 2.61. The summed E-state index contributed by atoms with van der Waals surface area (Å²) in [6.45, 7) is 5.08. The third kappa shape index (κ3) is 4.66. The summed E-state index contributed by atoms with van der Waals surface area (Å²) < 4.78 is 10.1. The molecule has 1 aliphatic rings. The van der Waals surface area contributed by atoms with Crippen molar-refractivity contribution in [3.8, 4) is 5.88 Å². The van der Waals surface area contributed by atoms with E-state index in [0.29, 0.717) is 37.7 Å². The second-order valence-electron chi connectivity index (χ2n) is 5.29. The Kier molecular flexibility index (Phi) is 6.34. The standard InChI is InChI=1S/C16H23N3O4/c1-3-23-14(20)12-18-8-5-9-19(11-10-18)16(21)13-6-4-7-17-15(13)22-2/h4,6-7H,3,5,8-12H2,1-2H3. The van der Waals surface area contributed by atoms with Crippen molar-refractivity contribution < 1.29 is 19.1 Å². The van der Waals surface area contributed by atoms with Crippen LogP contribution in [0.15, 0.2) is 18.3 Å². The molecule has 0 unspecified atom stereocenters. The number of pyridine rings is 1. The van der Waals surface area contributed by atoms with E-state index in [4.69, 9.17) is 9.47 Å². The number of amides is 1. The molecule has 0 radical (unpaired) electrons. The largest absolute Gasteiger partial charge is 0.480 e. The topological polar surface area (TPSA) is 72.0 Å². The van der Waals surface area contributed by atoms with E-state index < -0.39 is 0 Å². The van der Waals surface area contributed by atoms with Gasteiger partial charge in [0.15, 0.2) is 0 Å². The summed E-state index contributed by atoms with van der Waals surface area (Å²) in [6.07, 6.45) is 2.41. The molecule has 7 heteroatoms. The maximum absolute atomic E-state index is 12.7. The molecule has 0 N–H and O–H groups in total. The molecule has 2 rings (SSSR count). The maximum Gasteiger partial charge on any atom is 0.320 e. The van der Waals surface area contributed by atoms with Crippen molar-refractivity contribution in [1.82, 2.24) is 14.8 Å². The molecular formula is C16H23N3O4. The van der Waals surface area contributed by atoms with E-state index in [-0.39, 0.29) is 18.4 Å². The Balaban J connectivity index is 1.97. The first-order valence-electron chi connectivity index (χ1n) is 7.82. The molecule has 0 atom stereocenters. The van der Waals surface area contributed by atoms with Crippen molar-refractivity contribution >= 4 is 11.9 Å². The summed E-state index contributed by atoms with van der Waals surface area (Å²) in [7, 11) is 1.50. The lowest BCUT2D eigenvalue weighted by atomic mass is 10.2. The number of aromatic nitrogens is 1. The van der Waals surface area contributed by atoms with E-state index in [1.54, 1.807) is 30.2 Å². The van der Waals surface area contributed by atoms with Gasteiger partial charge >= 0.3 is 5.97 Å². The van der Waals surface area contributed by atoms with Crippen molar-refractivity contribution in [2.45, 2.75) is 13.3 Å². The molecule has 1 aromatic heterocycles. The number of ether oxygens (including phenoxy) is 2. The molecule has 1 aliphatic heterocycles. The van der Waals surface area contributed by atoms with E-state index in [9.17, 15) is 9.59 Å². The molecule has 1 amide bonds. The van der Waals surface area contributed by atoms with Crippen LogP contribution in [-0.2, 0) is 9.53 Å². The molecule has 1 aromatic rings. The van der Waals surface area contributed by atoms with Crippen molar-refractivity contribution in [2.24, 2.45) is 0 Å². The Morgan fingerprint density at radius 1 is 1.26 bits per heavy atom. The molecule has 1 saturated heterocycles. The van der Waals surface area contributed by atoms with Crippen LogP contribution < -0.4 is 4.74 Å². The first-order chi connectivity index (χ1) is 11.2. The normalized spacial score (nSPS) is 15.8. The van der Waals surface area contributed by atoms with Crippen LogP contribution in [0.4, 0.5) is 0 Å². The number of carbonyl (C=O) groups excluding carboxylic acids is 2. The number of hydrogen-bond acceptors (Lipinski definition) is 6. The highest BCUT2D eigenvalue weighted by atomic mass is 16.5. The van der Waals surface area contributed by atoms with Gasteiger partial charge in [0.25, 0.3) is 5.91 Å². The number of carbonyl (C=O) groups is 2. The molecule has 0 spiro atoms. The highest BCUT2D eigenvalue weighted by Gasteiger charge is 2.24. The lowest BCUT2D eigenvalue weighted by Crippen LogP contribution is -2.37. The number of nitrogens with zero attached hydrogens (tertiary/aromatic N) is 3. The summed E-state index contributed by atoms with van der Waals surface area (Å²) in [6, 6.07) is 3.44. The van der Waals surface area contributed by atoms with E-state index in [2.05, 4.69) is 4.98 Å². The second-order valence-corrected chi connectivity index (χ2v) is 5.29. The SMILES string of the molecule is CCOC(=O)CN1CCCN(C(=O)c2cccnc2OC)CC1. The number of rotatable bonds is 5. The van der Waals surface area contributed by atoms with Gasteiger partial charge in [-0.2, -0.15) is 0 Å². The van der Waals surface area contributed by atoms with Gasteiger partial charge in [0.05, 0.1) is 20.3 Å². The Hall–Kier alpha value is -2.15. The summed E-state index contributed by atoms with van der Waals surface area (Å²) in [5, 5.41) is 0. The van der Waals surface area contributed by atoms with Gasteiger partial charge in [-0.25, -0.2) is 4.98 Å². The van der Waals surface area contributed by atoms with Crippen molar-refractivity contribution in [3.05, 3.63) is 23.9 Å². The first-order valence-corrected chi connectivity index (χ1v) is 7.82. The Morgan fingerprint density at radius 3 is 2.83 bits per heavy atom. The van der Waals surface area contributed by atoms with Gasteiger partial charge in [-0.1, -0.05) is 0 Å². The molecule has 0 bridgehead atoms. The smallest absolute Gasteiger partial charge is 0.320 e. The fraction of sp³-hybridized carbons (Fsp3) is 0.562. The minimum Gasteiger partial charge on any atom is -0.480 e. The van der Waals surface area contributed by atoms with Crippen molar-refractivity contribution in [2.75, 3.05) is 46.4 Å². The van der Waals surface area contributed by atoms with E-state index in [1.807, 2.05) is 4.90 Å². The Bertz CT molecular complexity index is 550. The molecule has 126 valence electrons. The van der Waals surface area contributed by atoms with Crippen LogP contribution in [0.25, 0.3) is 0 Å². The van der Waals surface area contributed by atoms with Crippen LogP contribution in [-0.4, -0.2) is 73.1 Å². The average molecular weight is 321 g/mol. The molecular weight excluding hydrogens is 298 g/mol. The van der Waals surface area contributed by atoms with Crippen LogP contribution in [0.5, 0.6) is 5.88 Å². The van der Waals surface area contributed by atoms with Gasteiger partial charge in [-0.3, -0.25) is 14.5 Å². The number of hydrogen-bond donors (Lipinski definition) is 0. The first kappa shape index (κ1) is 17.2. The molecule has 7 nitrogen and oxygen atoms in total. The monoisotopic (exact) mass is 321 g/mol. The van der Waals surface area contributed by atoms with Gasteiger partial charge in [0.2, 0.25) is 5.88 Å². The average Bonchev–Trinajstić information content (AvgIpc) is 2.80. The summed E-state index contributed by atoms with van der Waals surface area (Å²) in [4.78, 5) is 32.1. The van der Waals surface area contributed by atoms with Crippen LogP contribution in [0.3, 0.4) is 0 Å². The zero-order chi connectivity index (χ0) is 16.7. The molecule has 2 heterocycles. The van der Waals surface area contributed by atoms with Gasteiger partial charge in [0, 0.05) is 32.4 Å². The minimum atomic E-state index is -0.221. The summed E-state index contributed by atoms with van der Waals surface area (Å²) >= 11 is 0. The Labute approximate surface area is 136 Å². The summed E-state index contributed by atoms with van der Waals surface area (Å²) in [5.41, 5.74) is 0.467. The van der Waals surface area contributed by atoms with Crippen molar-refractivity contribution in [1.29, 1.82) is 0 Å². The van der Waals surface area contributed by atoms with Gasteiger partial charge in [0.1, 0.15) is 5.56 Å². The Morgan fingerprint density at radius 2 is 2.09 bits per heavy atom.